The number of nitrogens with one attached hydrogen (secondary N) is 2. The molecular weight excluding hydrogens is 358 g/mol. The molecule has 2 aromatic rings. The first-order valence-electron chi connectivity index (χ1n) is 9.03. The van der Waals surface area contributed by atoms with Crippen molar-refractivity contribution < 1.29 is 14.3 Å². The van der Waals surface area contributed by atoms with Crippen molar-refractivity contribution in [2.24, 2.45) is 0 Å². The monoisotopic (exact) mass is 379 g/mol. The van der Waals surface area contributed by atoms with Crippen molar-refractivity contribution in [3.05, 3.63) is 48.2 Å². The summed E-state index contributed by atoms with van der Waals surface area (Å²) >= 11 is 0. The van der Waals surface area contributed by atoms with Crippen LogP contribution < -0.4 is 20.3 Å². The molecule has 0 radical (unpaired) electrons. The molecule has 28 heavy (non-hydrogen) atoms. The van der Waals surface area contributed by atoms with Gasteiger partial charge in [0.25, 0.3) is 5.91 Å². The van der Waals surface area contributed by atoms with Crippen molar-refractivity contribution in [3.8, 4) is 11.8 Å². The molecule has 0 spiro atoms. The number of amides is 2. The molecule has 2 amide bonds. The summed E-state index contributed by atoms with van der Waals surface area (Å²) in [5.41, 5.74) is 1.13. The maximum Gasteiger partial charge on any atom is 0.267 e. The Bertz CT molecular complexity index is 909. The number of hydrogen-bond donors (Lipinski definition) is 2. The molecule has 1 aliphatic heterocycles. The molecule has 144 valence electrons. The lowest BCUT2D eigenvalue weighted by Gasteiger charge is -2.32. The summed E-state index contributed by atoms with van der Waals surface area (Å²) in [5, 5.41) is 14.8. The Morgan fingerprint density at radius 2 is 2.11 bits per heavy atom. The van der Waals surface area contributed by atoms with Gasteiger partial charge in [-0.1, -0.05) is 12.1 Å². The second kappa shape index (κ2) is 8.86. The van der Waals surface area contributed by atoms with E-state index >= 15 is 0 Å². The number of aromatic nitrogens is 1. The number of carbonyl (C=O) groups excluding carboxylic acids is 2. The summed E-state index contributed by atoms with van der Waals surface area (Å²) in [6.45, 7) is 2.80. The van der Waals surface area contributed by atoms with Crippen molar-refractivity contribution in [2.45, 2.75) is 19.4 Å². The number of carbonyl (C=O) groups is 2. The Morgan fingerprint density at radius 3 is 2.93 bits per heavy atom. The van der Waals surface area contributed by atoms with Gasteiger partial charge in [-0.3, -0.25) is 9.59 Å². The Labute approximate surface area is 163 Å². The zero-order valence-electron chi connectivity index (χ0n) is 15.5. The Hall–Kier alpha value is -3.60. The predicted molar refractivity (Wildman–Crippen MR) is 104 cm³/mol. The molecule has 1 aromatic carbocycles. The quantitative estimate of drug-likeness (QED) is 0.709. The molecule has 0 saturated heterocycles. The first kappa shape index (κ1) is 19.2. The van der Waals surface area contributed by atoms with Crippen LogP contribution in [0.4, 0.5) is 11.5 Å². The fourth-order valence-electron chi connectivity index (χ4n) is 2.91. The van der Waals surface area contributed by atoms with E-state index in [0.717, 1.165) is 0 Å². The zero-order chi connectivity index (χ0) is 19.9. The third kappa shape index (κ3) is 4.38. The van der Waals surface area contributed by atoms with Gasteiger partial charge in [-0.2, -0.15) is 5.26 Å². The number of ether oxygens (including phenoxy) is 1. The summed E-state index contributed by atoms with van der Waals surface area (Å²) in [4.78, 5) is 30.2. The molecule has 0 bridgehead atoms. The van der Waals surface area contributed by atoms with Crippen molar-refractivity contribution in [1.29, 1.82) is 5.26 Å². The van der Waals surface area contributed by atoms with Crippen LogP contribution in [0.25, 0.3) is 0 Å². The smallest absolute Gasteiger partial charge is 0.267 e. The highest BCUT2D eigenvalue weighted by Crippen LogP contribution is 2.33. The fourth-order valence-corrected chi connectivity index (χ4v) is 2.91. The average Bonchev–Trinajstić information content (AvgIpc) is 2.72. The standard InChI is InChI=1S/C20H21N5O3/c1-14-20(27)25(16-6-2-3-7-17(16)28-14)12-8-18(26)22-10-11-24-19-15(13-21)5-4-9-23-19/h2-7,9,14H,8,10-12H2,1H3,(H,22,26)(H,23,24). The van der Waals surface area contributed by atoms with E-state index in [1.165, 1.54) is 0 Å². The van der Waals surface area contributed by atoms with E-state index in [9.17, 15) is 9.59 Å². The van der Waals surface area contributed by atoms with Gasteiger partial charge in [0.1, 0.15) is 17.6 Å². The maximum atomic E-state index is 12.4. The van der Waals surface area contributed by atoms with Crippen LogP contribution in [0, 0.1) is 11.3 Å². The molecule has 1 atom stereocenters. The molecule has 0 fully saturated rings. The normalized spacial score (nSPS) is 15.2. The number of anilines is 2. The highest BCUT2D eigenvalue weighted by molar-refractivity contribution is 6.00. The lowest BCUT2D eigenvalue weighted by atomic mass is 10.1. The molecular formula is C20H21N5O3. The van der Waals surface area contributed by atoms with E-state index in [2.05, 4.69) is 21.7 Å². The predicted octanol–water partition coefficient (Wildman–Crippen LogP) is 1.69. The van der Waals surface area contributed by atoms with E-state index in [-0.39, 0.29) is 24.8 Å². The number of nitriles is 1. The van der Waals surface area contributed by atoms with Gasteiger partial charge in [0, 0.05) is 32.3 Å². The van der Waals surface area contributed by atoms with Crippen LogP contribution >= 0.6 is 0 Å². The van der Waals surface area contributed by atoms with Crippen LogP contribution in [0.2, 0.25) is 0 Å². The Morgan fingerprint density at radius 1 is 1.29 bits per heavy atom. The number of benzene rings is 1. The molecule has 1 aromatic heterocycles. The van der Waals surface area contributed by atoms with Crippen LogP contribution in [-0.4, -0.2) is 42.5 Å². The molecule has 1 aliphatic rings. The van der Waals surface area contributed by atoms with Crippen LogP contribution in [-0.2, 0) is 9.59 Å². The number of fused-ring (bicyclic) bond motifs is 1. The minimum Gasteiger partial charge on any atom is -0.479 e. The molecule has 3 rings (SSSR count). The summed E-state index contributed by atoms with van der Waals surface area (Å²) in [5.74, 6) is 0.812. The van der Waals surface area contributed by atoms with Gasteiger partial charge < -0.3 is 20.3 Å². The second-order valence-electron chi connectivity index (χ2n) is 6.26. The molecule has 2 heterocycles. The molecule has 8 nitrogen and oxygen atoms in total. The minimum absolute atomic E-state index is 0.159. The summed E-state index contributed by atoms with van der Waals surface area (Å²) in [6.07, 6.45) is 1.20. The van der Waals surface area contributed by atoms with E-state index in [1.54, 1.807) is 36.2 Å². The number of nitrogens with zero attached hydrogens (tertiary/aromatic N) is 3. The fraction of sp³-hybridized carbons (Fsp3) is 0.300. The Kier molecular flexibility index (Phi) is 6.07. The molecule has 0 aliphatic carbocycles. The van der Waals surface area contributed by atoms with Crippen molar-refractivity contribution >= 4 is 23.3 Å². The van der Waals surface area contributed by atoms with E-state index < -0.39 is 6.10 Å². The lowest BCUT2D eigenvalue weighted by Crippen LogP contribution is -2.46. The first-order valence-corrected chi connectivity index (χ1v) is 9.03. The van der Waals surface area contributed by atoms with Crippen molar-refractivity contribution in [2.75, 3.05) is 29.9 Å². The van der Waals surface area contributed by atoms with E-state index in [1.807, 2.05) is 18.2 Å². The topological polar surface area (TPSA) is 107 Å². The molecule has 1 unspecified atom stereocenters. The number of hydrogen-bond acceptors (Lipinski definition) is 6. The van der Waals surface area contributed by atoms with Gasteiger partial charge in [0.05, 0.1) is 11.3 Å². The van der Waals surface area contributed by atoms with Gasteiger partial charge in [-0.05, 0) is 31.2 Å². The van der Waals surface area contributed by atoms with Crippen LogP contribution in [0.1, 0.15) is 18.9 Å². The summed E-state index contributed by atoms with van der Waals surface area (Å²) in [7, 11) is 0. The van der Waals surface area contributed by atoms with Gasteiger partial charge in [-0.15, -0.1) is 0 Å². The van der Waals surface area contributed by atoms with Crippen LogP contribution in [0.3, 0.4) is 0 Å². The average molecular weight is 379 g/mol. The number of pyridine rings is 1. The minimum atomic E-state index is -0.574. The summed E-state index contributed by atoms with van der Waals surface area (Å²) < 4.78 is 5.59. The molecule has 0 saturated carbocycles. The number of para-hydroxylation sites is 2. The second-order valence-corrected chi connectivity index (χ2v) is 6.26. The van der Waals surface area contributed by atoms with Crippen molar-refractivity contribution in [3.63, 3.8) is 0 Å². The highest BCUT2D eigenvalue weighted by atomic mass is 16.5. The number of rotatable bonds is 7. The summed E-state index contributed by atoms with van der Waals surface area (Å²) in [6, 6.07) is 12.7. The molecule has 2 N–H and O–H groups in total. The van der Waals surface area contributed by atoms with Crippen LogP contribution in [0.15, 0.2) is 42.6 Å². The largest absolute Gasteiger partial charge is 0.479 e. The third-order valence-electron chi connectivity index (χ3n) is 4.30. The van der Waals surface area contributed by atoms with E-state index in [0.29, 0.717) is 35.9 Å². The van der Waals surface area contributed by atoms with Gasteiger partial charge in [0.2, 0.25) is 5.91 Å². The Balaban J connectivity index is 1.47. The van der Waals surface area contributed by atoms with Crippen LogP contribution in [0.5, 0.6) is 5.75 Å². The lowest BCUT2D eigenvalue weighted by molar-refractivity contribution is -0.125. The van der Waals surface area contributed by atoms with Gasteiger partial charge >= 0.3 is 0 Å². The van der Waals surface area contributed by atoms with Gasteiger partial charge in [0.15, 0.2) is 6.10 Å². The highest BCUT2D eigenvalue weighted by Gasteiger charge is 2.31. The van der Waals surface area contributed by atoms with E-state index in [4.69, 9.17) is 10.00 Å². The first-order chi connectivity index (χ1) is 13.6. The maximum absolute atomic E-state index is 12.4. The zero-order valence-corrected chi connectivity index (χ0v) is 15.5. The van der Waals surface area contributed by atoms with Gasteiger partial charge in [-0.25, -0.2) is 4.98 Å². The SMILES string of the molecule is CC1Oc2ccccc2N(CCC(=O)NCCNc2ncccc2C#N)C1=O. The molecule has 8 heteroatoms. The van der Waals surface area contributed by atoms with Crippen molar-refractivity contribution in [1.82, 2.24) is 10.3 Å². The third-order valence-corrected chi connectivity index (χ3v) is 4.30.